The topological polar surface area (TPSA) is 36.9 Å². The van der Waals surface area contributed by atoms with Crippen molar-refractivity contribution in [2.24, 2.45) is 5.92 Å². The molecular weight excluding hydrogens is 340 g/mol. The quantitative estimate of drug-likeness (QED) is 0.877. The van der Waals surface area contributed by atoms with E-state index < -0.39 is 0 Å². The normalized spacial score (nSPS) is 21.5. The van der Waals surface area contributed by atoms with Gasteiger partial charge in [-0.3, -0.25) is 4.79 Å². The van der Waals surface area contributed by atoms with Crippen molar-refractivity contribution in [2.75, 3.05) is 19.6 Å². The zero-order valence-corrected chi connectivity index (χ0v) is 15.2. The van der Waals surface area contributed by atoms with E-state index in [2.05, 4.69) is 33.8 Å². The minimum Gasteiger partial charge on any atom is -0.346 e. The van der Waals surface area contributed by atoms with Crippen LogP contribution in [0, 0.1) is 5.92 Å². The largest absolute Gasteiger partial charge is 0.346 e. The first-order chi connectivity index (χ1) is 11.7. The Morgan fingerprint density at radius 3 is 2.67 bits per heavy atom. The number of hydrogen-bond acceptors (Lipinski definition) is 2. The number of thiophene rings is 1. The highest BCUT2D eigenvalue weighted by molar-refractivity contribution is 7.10. The summed E-state index contributed by atoms with van der Waals surface area (Å²) in [5.41, 5.74) is 2.56. The van der Waals surface area contributed by atoms with Gasteiger partial charge in [0.15, 0.2) is 0 Å². The van der Waals surface area contributed by atoms with Crippen molar-refractivity contribution < 1.29 is 10.1 Å². The Morgan fingerprint density at radius 2 is 1.92 bits per heavy atom. The van der Waals surface area contributed by atoms with Crippen LogP contribution in [0.2, 0.25) is 5.02 Å². The molecule has 1 fully saturated rings. The van der Waals surface area contributed by atoms with Gasteiger partial charge in [-0.05, 0) is 41.1 Å². The maximum Gasteiger partial charge on any atom is 0.226 e. The smallest absolute Gasteiger partial charge is 0.226 e. The molecule has 1 aromatic carbocycles. The second kappa shape index (κ2) is 6.87. The fourth-order valence-corrected chi connectivity index (χ4v) is 5.15. The fraction of sp³-hybridized carbons (Fsp3) is 0.421. The van der Waals surface area contributed by atoms with Gasteiger partial charge in [0, 0.05) is 35.2 Å². The average molecular weight is 362 g/mol. The molecule has 5 heteroatoms. The molecule has 0 saturated carbocycles. The van der Waals surface area contributed by atoms with Gasteiger partial charge in [-0.2, -0.15) is 0 Å². The van der Waals surface area contributed by atoms with Crippen LogP contribution in [0.1, 0.15) is 34.9 Å². The van der Waals surface area contributed by atoms with Crippen LogP contribution in [0.15, 0.2) is 35.7 Å². The monoisotopic (exact) mass is 361 g/mol. The lowest BCUT2D eigenvalue weighted by atomic mass is 9.91. The second-order valence-electron chi connectivity index (χ2n) is 6.69. The molecule has 1 atom stereocenters. The highest BCUT2D eigenvalue weighted by Crippen LogP contribution is 2.39. The maximum atomic E-state index is 13.2. The number of carbonyl (C=O) groups excluding carboxylic acids is 1. The van der Waals surface area contributed by atoms with Crippen LogP contribution >= 0.6 is 22.9 Å². The molecule has 0 bridgehead atoms. The third-order valence-electron chi connectivity index (χ3n) is 5.22. The SMILES string of the molecule is O=C(C1CC[NH2+]CC1)N1CCc2ccsc2C1c1ccc(Cl)cc1. The number of hydrogen-bond donors (Lipinski definition) is 1. The van der Waals surface area contributed by atoms with Gasteiger partial charge in [0.25, 0.3) is 0 Å². The van der Waals surface area contributed by atoms with Gasteiger partial charge in [-0.1, -0.05) is 23.7 Å². The maximum absolute atomic E-state index is 13.2. The van der Waals surface area contributed by atoms with E-state index in [0.29, 0.717) is 5.91 Å². The Labute approximate surface area is 151 Å². The summed E-state index contributed by atoms with van der Waals surface area (Å²) in [6.07, 6.45) is 2.97. The summed E-state index contributed by atoms with van der Waals surface area (Å²) in [6.45, 7) is 2.95. The number of piperidine rings is 1. The number of halogens is 1. The number of amides is 1. The summed E-state index contributed by atoms with van der Waals surface area (Å²) in [6, 6.07) is 10.2. The van der Waals surface area contributed by atoms with E-state index in [4.69, 9.17) is 11.6 Å². The number of benzene rings is 1. The average Bonchev–Trinajstić information content (AvgIpc) is 3.10. The Morgan fingerprint density at radius 1 is 1.17 bits per heavy atom. The first kappa shape index (κ1) is 16.1. The third-order valence-corrected chi connectivity index (χ3v) is 6.48. The molecule has 1 unspecified atom stereocenters. The first-order valence-electron chi connectivity index (χ1n) is 8.68. The molecule has 0 radical (unpaired) electrons. The van der Waals surface area contributed by atoms with Gasteiger partial charge in [-0.25, -0.2) is 0 Å². The molecule has 2 aromatic rings. The zero-order chi connectivity index (χ0) is 16.5. The van der Waals surface area contributed by atoms with Gasteiger partial charge >= 0.3 is 0 Å². The predicted molar refractivity (Wildman–Crippen MR) is 97.4 cm³/mol. The van der Waals surface area contributed by atoms with Crippen LogP contribution in [-0.2, 0) is 11.2 Å². The molecule has 2 N–H and O–H groups in total. The van der Waals surface area contributed by atoms with E-state index in [-0.39, 0.29) is 12.0 Å². The molecule has 1 aromatic heterocycles. The van der Waals surface area contributed by atoms with E-state index in [9.17, 15) is 4.79 Å². The zero-order valence-electron chi connectivity index (χ0n) is 13.6. The molecule has 0 aliphatic carbocycles. The molecule has 2 aliphatic rings. The number of fused-ring (bicyclic) bond motifs is 1. The van der Waals surface area contributed by atoms with Crippen molar-refractivity contribution in [1.29, 1.82) is 0 Å². The van der Waals surface area contributed by atoms with Crippen LogP contribution in [-0.4, -0.2) is 30.4 Å². The summed E-state index contributed by atoms with van der Waals surface area (Å²) in [4.78, 5) is 16.7. The minimum atomic E-state index is 0.0458. The molecule has 4 rings (SSSR count). The number of carbonyl (C=O) groups is 1. The fourth-order valence-electron chi connectivity index (χ4n) is 3.93. The summed E-state index contributed by atoms with van der Waals surface area (Å²) < 4.78 is 0. The molecule has 0 spiro atoms. The number of rotatable bonds is 2. The van der Waals surface area contributed by atoms with E-state index in [1.165, 1.54) is 16.0 Å². The predicted octanol–water partition coefficient (Wildman–Crippen LogP) is 2.85. The molecule has 3 nitrogen and oxygen atoms in total. The molecule has 3 heterocycles. The highest BCUT2D eigenvalue weighted by atomic mass is 35.5. The Kier molecular flexibility index (Phi) is 4.61. The van der Waals surface area contributed by atoms with Gasteiger partial charge in [0.1, 0.15) is 0 Å². The molecule has 1 saturated heterocycles. The van der Waals surface area contributed by atoms with Crippen LogP contribution in [0.4, 0.5) is 0 Å². The standard InChI is InChI=1S/C19H21ClN2OS/c20-16-3-1-13(2-4-16)17-18-14(8-12-24-18)7-11-22(17)19(23)15-5-9-21-10-6-15/h1-4,8,12,15,17,21H,5-7,9-11H2/p+1. The van der Waals surface area contributed by atoms with Crippen molar-refractivity contribution in [3.8, 4) is 0 Å². The summed E-state index contributed by atoms with van der Waals surface area (Å²) in [5.74, 6) is 0.522. The number of nitrogens with two attached hydrogens (primary N) is 1. The van der Waals surface area contributed by atoms with Crippen molar-refractivity contribution in [3.05, 3.63) is 56.7 Å². The summed E-state index contributed by atoms with van der Waals surface area (Å²) in [7, 11) is 0. The van der Waals surface area contributed by atoms with Crippen LogP contribution in [0.5, 0.6) is 0 Å². The van der Waals surface area contributed by atoms with Crippen molar-refractivity contribution in [1.82, 2.24) is 4.90 Å². The van der Waals surface area contributed by atoms with E-state index in [0.717, 1.165) is 43.9 Å². The molecule has 1 amide bonds. The summed E-state index contributed by atoms with van der Waals surface area (Å²) >= 11 is 7.84. The second-order valence-corrected chi connectivity index (χ2v) is 8.07. The Hall–Kier alpha value is -1.36. The lowest BCUT2D eigenvalue weighted by molar-refractivity contribution is -0.664. The lowest BCUT2D eigenvalue weighted by Gasteiger charge is -2.38. The van der Waals surface area contributed by atoms with Crippen molar-refractivity contribution >= 4 is 28.8 Å². The minimum absolute atomic E-state index is 0.0458. The number of quaternary nitrogens is 1. The van der Waals surface area contributed by atoms with Gasteiger partial charge < -0.3 is 10.2 Å². The molecular formula is C19H22ClN2OS+. The van der Waals surface area contributed by atoms with Crippen LogP contribution in [0.25, 0.3) is 0 Å². The Bertz CT molecular complexity index is 721. The molecule has 24 heavy (non-hydrogen) atoms. The van der Waals surface area contributed by atoms with E-state index in [1.54, 1.807) is 11.3 Å². The van der Waals surface area contributed by atoms with Crippen LogP contribution in [0.3, 0.4) is 0 Å². The van der Waals surface area contributed by atoms with Gasteiger partial charge in [-0.15, -0.1) is 11.3 Å². The summed E-state index contributed by atoms with van der Waals surface area (Å²) in [5, 5.41) is 5.20. The highest BCUT2D eigenvalue weighted by Gasteiger charge is 2.36. The van der Waals surface area contributed by atoms with E-state index >= 15 is 0 Å². The van der Waals surface area contributed by atoms with Gasteiger partial charge in [0.2, 0.25) is 5.91 Å². The molecule has 126 valence electrons. The van der Waals surface area contributed by atoms with Crippen molar-refractivity contribution in [3.63, 3.8) is 0 Å². The third kappa shape index (κ3) is 2.99. The van der Waals surface area contributed by atoms with Gasteiger partial charge in [0.05, 0.1) is 19.1 Å². The first-order valence-corrected chi connectivity index (χ1v) is 9.93. The number of nitrogens with zero attached hydrogens (tertiary/aromatic N) is 1. The Balaban J connectivity index is 1.69. The van der Waals surface area contributed by atoms with E-state index in [1.807, 2.05) is 12.1 Å². The molecule has 2 aliphatic heterocycles. The van der Waals surface area contributed by atoms with Crippen LogP contribution < -0.4 is 5.32 Å². The lowest BCUT2D eigenvalue weighted by Crippen LogP contribution is -2.86. The van der Waals surface area contributed by atoms with Crippen molar-refractivity contribution in [2.45, 2.75) is 25.3 Å².